The van der Waals surface area contributed by atoms with Crippen LogP contribution >= 0.6 is 0 Å². The van der Waals surface area contributed by atoms with E-state index in [0.29, 0.717) is 30.2 Å². The van der Waals surface area contributed by atoms with Gasteiger partial charge in [0.05, 0.1) is 11.8 Å². The Kier molecular flexibility index (Phi) is 5.78. The van der Waals surface area contributed by atoms with E-state index in [-0.39, 0.29) is 23.3 Å². The molecule has 12 heteroatoms. The van der Waals surface area contributed by atoms with Crippen LogP contribution in [0.4, 0.5) is 13.2 Å². The molecule has 4 atom stereocenters. The van der Waals surface area contributed by atoms with E-state index in [9.17, 15) is 22.8 Å². The third-order valence-electron chi connectivity index (χ3n) is 6.84. The van der Waals surface area contributed by atoms with E-state index in [1.807, 2.05) is 0 Å². The second kappa shape index (κ2) is 8.67. The first-order valence-electron chi connectivity index (χ1n) is 11.4. The van der Waals surface area contributed by atoms with Gasteiger partial charge in [-0.1, -0.05) is 30.3 Å². The molecule has 2 aromatic rings. The number of hydrazine groups is 1. The first-order chi connectivity index (χ1) is 16.6. The van der Waals surface area contributed by atoms with Crippen LogP contribution in [0.5, 0.6) is 0 Å². The average molecular weight is 490 g/mol. The lowest BCUT2D eigenvalue weighted by Crippen LogP contribution is -2.54. The lowest BCUT2D eigenvalue weighted by Gasteiger charge is -2.34. The maximum atomic E-state index is 14.0. The molecule has 35 heavy (non-hydrogen) atoms. The summed E-state index contributed by atoms with van der Waals surface area (Å²) in [5.41, 5.74) is 3.19. The minimum absolute atomic E-state index is 0.0152. The number of piperidine rings is 1. The number of halogens is 3. The summed E-state index contributed by atoms with van der Waals surface area (Å²) in [5, 5.41) is 12.2. The number of carbonyl (C=O) groups is 2. The molecule has 2 fully saturated rings. The second-order valence-electron chi connectivity index (χ2n) is 9.10. The van der Waals surface area contributed by atoms with Crippen molar-refractivity contribution < 1.29 is 27.2 Å². The van der Waals surface area contributed by atoms with Crippen LogP contribution in [0.3, 0.4) is 0 Å². The number of fused-ring (bicyclic) bond motifs is 1. The van der Waals surface area contributed by atoms with Crippen molar-refractivity contribution in [2.45, 2.75) is 56.9 Å². The van der Waals surface area contributed by atoms with Gasteiger partial charge in [-0.15, -0.1) is 10.2 Å². The fourth-order valence-corrected chi connectivity index (χ4v) is 5.11. The Labute approximate surface area is 199 Å². The quantitative estimate of drug-likeness (QED) is 0.682. The Bertz CT molecular complexity index is 1160. The number of nitrogens with one attached hydrogen (secondary N) is 2. The monoisotopic (exact) mass is 490 g/mol. The summed E-state index contributed by atoms with van der Waals surface area (Å²) in [6, 6.07) is 6.34. The average Bonchev–Trinajstić information content (AvgIpc) is 3.45. The minimum atomic E-state index is -4.59. The minimum Gasteiger partial charge on any atom is -0.420 e. The van der Waals surface area contributed by atoms with Crippen molar-refractivity contribution in [1.82, 2.24) is 30.8 Å². The molecule has 2 N–H and O–H groups in total. The molecule has 0 saturated carbocycles. The largest absolute Gasteiger partial charge is 0.420 e. The molecule has 4 heterocycles. The zero-order chi connectivity index (χ0) is 24.9. The van der Waals surface area contributed by atoms with Crippen LogP contribution in [-0.4, -0.2) is 63.4 Å². The highest BCUT2D eigenvalue weighted by atomic mass is 19.4. The smallest absolute Gasteiger partial charge is 0.406 e. The normalized spacial score (nSPS) is 27.2. The highest BCUT2D eigenvalue weighted by Crippen LogP contribution is 2.42. The number of hydrogen-bond donors (Lipinski definition) is 2. The van der Waals surface area contributed by atoms with Gasteiger partial charge < -0.3 is 14.6 Å². The number of benzene rings is 1. The molecule has 9 nitrogen and oxygen atoms in total. The van der Waals surface area contributed by atoms with Crippen LogP contribution < -0.4 is 10.7 Å². The number of allylic oxidation sites excluding steroid dienone is 1. The summed E-state index contributed by atoms with van der Waals surface area (Å²) in [7, 11) is 0. The first-order valence-corrected chi connectivity index (χ1v) is 11.4. The van der Waals surface area contributed by atoms with E-state index in [2.05, 4.69) is 20.9 Å². The molecule has 5 rings (SSSR count). The number of amides is 2. The van der Waals surface area contributed by atoms with E-state index in [0.717, 1.165) is 17.9 Å². The Morgan fingerprint density at radius 1 is 1.20 bits per heavy atom. The number of likely N-dealkylation sites (tertiary alicyclic amines) is 1. The van der Waals surface area contributed by atoms with Gasteiger partial charge in [-0.3, -0.25) is 9.59 Å². The highest BCUT2D eigenvalue weighted by Gasteiger charge is 2.58. The molecule has 1 aromatic heterocycles. The SMILES string of the molecule is CC(=O)N1CCCC(c2nnc(C3=C(C)NC4C(c5ccccc5)C(C(F)(F)F)NN4C3=O)o2)C1. The van der Waals surface area contributed by atoms with Crippen LogP contribution in [0, 0.1) is 0 Å². The second-order valence-corrected chi connectivity index (χ2v) is 9.10. The van der Waals surface area contributed by atoms with Crippen LogP contribution in [-0.2, 0) is 9.59 Å². The number of hydrogen-bond acceptors (Lipinski definition) is 7. The number of carbonyl (C=O) groups excluding carboxylic acids is 2. The van der Waals surface area contributed by atoms with Gasteiger partial charge in [0.15, 0.2) is 0 Å². The highest BCUT2D eigenvalue weighted by molar-refractivity contribution is 6.19. The lowest BCUT2D eigenvalue weighted by atomic mass is 9.89. The molecule has 186 valence electrons. The third kappa shape index (κ3) is 4.15. The van der Waals surface area contributed by atoms with Gasteiger partial charge in [0.2, 0.25) is 11.8 Å². The number of aromatic nitrogens is 2. The standard InChI is InChI=1S/C23H25F3N6O3/c1-12-16(21-29-28-20(35-21)15-9-6-10-31(11-15)13(2)33)22(34)32-19(27-12)17(14-7-4-3-5-8-14)18(30-32)23(24,25)26/h3-5,7-8,15,17-19,27,30H,6,9-11H2,1-2H3. The van der Waals surface area contributed by atoms with E-state index in [4.69, 9.17) is 4.42 Å². The number of rotatable bonds is 3. The van der Waals surface area contributed by atoms with Crippen molar-refractivity contribution in [1.29, 1.82) is 0 Å². The van der Waals surface area contributed by atoms with Gasteiger partial charge in [0, 0.05) is 25.7 Å². The van der Waals surface area contributed by atoms with Crippen molar-refractivity contribution in [2.75, 3.05) is 13.1 Å². The van der Waals surface area contributed by atoms with Gasteiger partial charge in [-0.05, 0) is 25.3 Å². The molecule has 3 aliphatic rings. The van der Waals surface area contributed by atoms with Gasteiger partial charge in [0.25, 0.3) is 11.8 Å². The van der Waals surface area contributed by atoms with Crippen LogP contribution in [0.2, 0.25) is 0 Å². The van der Waals surface area contributed by atoms with Crippen molar-refractivity contribution in [3.8, 4) is 0 Å². The Morgan fingerprint density at radius 2 is 1.94 bits per heavy atom. The third-order valence-corrected chi connectivity index (χ3v) is 6.84. The summed E-state index contributed by atoms with van der Waals surface area (Å²) < 4.78 is 47.7. The van der Waals surface area contributed by atoms with Gasteiger partial charge in [-0.25, -0.2) is 10.4 Å². The molecule has 1 aromatic carbocycles. The predicted molar refractivity (Wildman–Crippen MR) is 117 cm³/mol. The van der Waals surface area contributed by atoms with Gasteiger partial charge in [-0.2, -0.15) is 13.2 Å². The molecule has 4 unspecified atom stereocenters. The summed E-state index contributed by atoms with van der Waals surface area (Å²) in [6.07, 6.45) is -4.01. The van der Waals surface area contributed by atoms with Crippen LogP contribution in [0.15, 0.2) is 40.4 Å². The lowest BCUT2D eigenvalue weighted by molar-refractivity contribution is -0.161. The van der Waals surface area contributed by atoms with E-state index in [1.165, 1.54) is 6.92 Å². The summed E-state index contributed by atoms with van der Waals surface area (Å²) in [6.45, 7) is 4.20. The van der Waals surface area contributed by atoms with Gasteiger partial charge >= 0.3 is 6.18 Å². The van der Waals surface area contributed by atoms with Crippen molar-refractivity contribution in [3.05, 3.63) is 53.4 Å². The first kappa shape index (κ1) is 23.3. The Balaban J connectivity index is 1.44. The summed E-state index contributed by atoms with van der Waals surface area (Å²) in [5.74, 6) is -1.72. The van der Waals surface area contributed by atoms with Crippen molar-refractivity contribution in [3.63, 3.8) is 0 Å². The summed E-state index contributed by atoms with van der Waals surface area (Å²) in [4.78, 5) is 26.9. The van der Waals surface area contributed by atoms with E-state index < -0.39 is 30.2 Å². The van der Waals surface area contributed by atoms with Crippen LogP contribution in [0.1, 0.15) is 55.9 Å². The Morgan fingerprint density at radius 3 is 2.63 bits per heavy atom. The molecule has 0 spiro atoms. The zero-order valence-corrected chi connectivity index (χ0v) is 19.2. The topological polar surface area (TPSA) is 104 Å². The molecule has 0 bridgehead atoms. The van der Waals surface area contributed by atoms with Crippen molar-refractivity contribution in [2.24, 2.45) is 0 Å². The Hall–Kier alpha value is -3.41. The fourth-order valence-electron chi connectivity index (χ4n) is 5.11. The number of alkyl halides is 3. The summed E-state index contributed by atoms with van der Waals surface area (Å²) >= 11 is 0. The maximum Gasteiger partial charge on any atom is 0.406 e. The van der Waals surface area contributed by atoms with Gasteiger partial charge in [0.1, 0.15) is 17.8 Å². The van der Waals surface area contributed by atoms with E-state index in [1.54, 1.807) is 42.2 Å². The zero-order valence-electron chi connectivity index (χ0n) is 19.2. The molecule has 2 amide bonds. The molecule has 0 radical (unpaired) electrons. The molecular formula is C23H25F3N6O3. The maximum absolute atomic E-state index is 14.0. The van der Waals surface area contributed by atoms with Crippen molar-refractivity contribution >= 4 is 17.4 Å². The molecular weight excluding hydrogens is 465 g/mol. The molecule has 3 aliphatic heterocycles. The molecule has 2 saturated heterocycles. The van der Waals surface area contributed by atoms with E-state index >= 15 is 0 Å². The predicted octanol–water partition coefficient (Wildman–Crippen LogP) is 2.52. The molecule has 0 aliphatic carbocycles. The van der Waals surface area contributed by atoms with Crippen LogP contribution in [0.25, 0.3) is 5.57 Å². The fraction of sp³-hybridized carbons (Fsp3) is 0.478. The number of nitrogens with zero attached hydrogens (tertiary/aromatic N) is 4.